The molecule has 0 aromatic heterocycles. The highest BCUT2D eigenvalue weighted by Gasteiger charge is 2.08. The summed E-state index contributed by atoms with van der Waals surface area (Å²) in [6.07, 6.45) is 0. The molecule has 14 heavy (non-hydrogen) atoms. The predicted molar refractivity (Wildman–Crippen MR) is 61.1 cm³/mol. The summed E-state index contributed by atoms with van der Waals surface area (Å²) >= 11 is 14.2. The zero-order chi connectivity index (χ0) is 10.7. The molecule has 0 aliphatic heterocycles. The number of nitrogens with zero attached hydrogens (tertiary/aromatic N) is 1. The molecule has 0 aliphatic carbocycles. The average Bonchev–Trinajstić information content (AvgIpc) is 2.10. The Morgan fingerprint density at radius 2 is 2.21 bits per heavy atom. The molecule has 0 saturated heterocycles. The van der Waals surface area contributed by atoms with Crippen LogP contribution in [0.2, 0.25) is 5.02 Å². The molecule has 0 amide bonds. The first-order valence-corrected chi connectivity index (χ1v) is 5.28. The number of aliphatic imine (C=N–C) groups is 1. The van der Waals surface area contributed by atoms with Gasteiger partial charge in [-0.2, -0.15) is 0 Å². The van der Waals surface area contributed by atoms with Crippen LogP contribution in [0.3, 0.4) is 0 Å². The minimum Gasteiger partial charge on any atom is -0.386 e. The number of rotatable bonds is 2. The van der Waals surface area contributed by atoms with E-state index in [0.717, 1.165) is 6.07 Å². The molecule has 1 aromatic carbocycles. The summed E-state index contributed by atoms with van der Waals surface area (Å²) in [5.74, 6) is -0.347. The highest BCUT2D eigenvalue weighted by atomic mass is 79.9. The molecule has 0 unspecified atom stereocenters. The smallest absolute Gasteiger partial charge is 0.151 e. The van der Waals surface area contributed by atoms with E-state index in [1.807, 2.05) is 0 Å². The van der Waals surface area contributed by atoms with Crippen LogP contribution in [0.25, 0.3) is 0 Å². The Morgan fingerprint density at radius 1 is 1.57 bits per heavy atom. The molecule has 0 heterocycles. The normalized spacial score (nSPS) is 11.9. The quantitative estimate of drug-likeness (QED) is 0.507. The predicted octanol–water partition coefficient (Wildman–Crippen LogP) is 3.47. The van der Waals surface area contributed by atoms with Crippen molar-refractivity contribution in [2.24, 2.45) is 10.7 Å². The van der Waals surface area contributed by atoms with Crippen LogP contribution >= 0.6 is 39.1 Å². The third-order valence-corrected chi connectivity index (χ3v) is 2.47. The molecule has 1 rings (SSSR count). The Bertz CT molecular complexity index is 359. The fraction of sp³-hybridized carbons (Fsp3) is 0.125. The van der Waals surface area contributed by atoms with Gasteiger partial charge in [-0.1, -0.05) is 11.6 Å². The second kappa shape index (κ2) is 4.96. The van der Waals surface area contributed by atoms with Crippen molar-refractivity contribution in [2.75, 3.05) is 5.88 Å². The van der Waals surface area contributed by atoms with Crippen molar-refractivity contribution in [1.82, 2.24) is 0 Å². The largest absolute Gasteiger partial charge is 0.386 e. The summed E-state index contributed by atoms with van der Waals surface area (Å²) in [5.41, 5.74) is 5.48. The monoisotopic (exact) mass is 298 g/mol. The van der Waals surface area contributed by atoms with E-state index in [2.05, 4.69) is 20.9 Å². The van der Waals surface area contributed by atoms with E-state index in [0.29, 0.717) is 4.47 Å². The first kappa shape index (κ1) is 11.8. The topological polar surface area (TPSA) is 38.4 Å². The standard InChI is InChI=1S/C8H6BrCl2FN2/c9-5-1-4(11)2-6(12)8(5)14-7(13)3-10/h1-2H,3H2,(H2,13,14). The Morgan fingerprint density at radius 3 is 2.71 bits per heavy atom. The second-order valence-electron chi connectivity index (χ2n) is 2.45. The zero-order valence-corrected chi connectivity index (χ0v) is 10.00. The number of nitrogens with two attached hydrogens (primary N) is 1. The van der Waals surface area contributed by atoms with Gasteiger partial charge in [-0.3, -0.25) is 0 Å². The van der Waals surface area contributed by atoms with E-state index >= 15 is 0 Å². The van der Waals surface area contributed by atoms with Crippen molar-refractivity contribution in [3.63, 3.8) is 0 Å². The van der Waals surface area contributed by atoms with Gasteiger partial charge in [0.25, 0.3) is 0 Å². The van der Waals surface area contributed by atoms with Crippen LogP contribution in [0, 0.1) is 5.82 Å². The van der Waals surface area contributed by atoms with E-state index in [1.165, 1.54) is 6.07 Å². The van der Waals surface area contributed by atoms with Crippen LogP contribution in [-0.2, 0) is 0 Å². The number of hydrogen-bond donors (Lipinski definition) is 1. The Hall–Kier alpha value is -0.320. The van der Waals surface area contributed by atoms with E-state index in [9.17, 15) is 4.39 Å². The lowest BCUT2D eigenvalue weighted by Crippen LogP contribution is -2.12. The first-order valence-electron chi connectivity index (χ1n) is 3.58. The summed E-state index contributed by atoms with van der Waals surface area (Å²) in [6.45, 7) is 0. The fourth-order valence-electron chi connectivity index (χ4n) is 0.815. The van der Waals surface area contributed by atoms with Crippen LogP contribution in [0.1, 0.15) is 0 Å². The molecule has 0 aliphatic rings. The summed E-state index contributed by atoms with van der Waals surface area (Å²) < 4.78 is 13.7. The molecule has 0 saturated carbocycles. The maximum absolute atomic E-state index is 13.3. The van der Waals surface area contributed by atoms with Crippen LogP contribution in [0.15, 0.2) is 21.6 Å². The Balaban J connectivity index is 3.21. The molecule has 2 nitrogen and oxygen atoms in total. The van der Waals surface area contributed by atoms with Crippen molar-refractivity contribution in [1.29, 1.82) is 0 Å². The van der Waals surface area contributed by atoms with Gasteiger partial charge in [0, 0.05) is 9.50 Å². The number of alkyl halides is 1. The Kier molecular flexibility index (Phi) is 4.16. The molecular formula is C8H6BrCl2FN2. The first-order chi connectivity index (χ1) is 6.54. The van der Waals surface area contributed by atoms with E-state index in [-0.39, 0.29) is 22.4 Å². The summed E-state index contributed by atoms with van der Waals surface area (Å²) in [5, 5.41) is 0.290. The third kappa shape index (κ3) is 2.83. The molecule has 76 valence electrons. The van der Waals surface area contributed by atoms with Crippen molar-refractivity contribution in [3.8, 4) is 0 Å². The molecular weight excluding hydrogens is 294 g/mol. The Labute approximate surface area is 99.0 Å². The molecule has 0 spiro atoms. The molecule has 0 bridgehead atoms. The number of amidine groups is 1. The molecule has 1 aromatic rings. The summed E-state index contributed by atoms with van der Waals surface area (Å²) in [4.78, 5) is 3.80. The number of hydrogen-bond acceptors (Lipinski definition) is 1. The number of halogens is 4. The highest BCUT2D eigenvalue weighted by Crippen LogP contribution is 2.31. The van der Waals surface area contributed by atoms with Crippen molar-refractivity contribution in [3.05, 3.63) is 27.4 Å². The average molecular weight is 300 g/mol. The number of benzene rings is 1. The van der Waals surface area contributed by atoms with Gasteiger partial charge in [0.15, 0.2) is 5.82 Å². The second-order valence-corrected chi connectivity index (χ2v) is 4.01. The lowest BCUT2D eigenvalue weighted by molar-refractivity contribution is 0.629. The molecule has 6 heteroatoms. The minimum atomic E-state index is -0.544. The van der Waals surface area contributed by atoms with E-state index < -0.39 is 5.82 Å². The van der Waals surface area contributed by atoms with Crippen LogP contribution in [0.4, 0.5) is 10.1 Å². The summed E-state index contributed by atoms with van der Waals surface area (Å²) in [7, 11) is 0. The maximum atomic E-state index is 13.3. The van der Waals surface area contributed by atoms with Gasteiger partial charge in [0.1, 0.15) is 11.5 Å². The lowest BCUT2D eigenvalue weighted by Gasteiger charge is -2.02. The van der Waals surface area contributed by atoms with Gasteiger partial charge < -0.3 is 5.73 Å². The minimum absolute atomic E-state index is 0.0501. The van der Waals surface area contributed by atoms with Gasteiger partial charge in [-0.15, -0.1) is 11.6 Å². The van der Waals surface area contributed by atoms with Gasteiger partial charge in [0.05, 0.1) is 5.88 Å². The molecule has 0 fully saturated rings. The zero-order valence-electron chi connectivity index (χ0n) is 6.90. The van der Waals surface area contributed by atoms with Crippen LogP contribution < -0.4 is 5.73 Å². The van der Waals surface area contributed by atoms with Gasteiger partial charge >= 0.3 is 0 Å². The molecule has 2 N–H and O–H groups in total. The van der Waals surface area contributed by atoms with E-state index in [4.69, 9.17) is 28.9 Å². The van der Waals surface area contributed by atoms with Gasteiger partial charge in [-0.25, -0.2) is 9.38 Å². The third-order valence-electron chi connectivity index (χ3n) is 1.37. The molecule has 0 atom stereocenters. The fourth-order valence-corrected chi connectivity index (χ4v) is 1.74. The van der Waals surface area contributed by atoms with Crippen molar-refractivity contribution < 1.29 is 4.39 Å². The SMILES string of the molecule is NC(CCl)=Nc1c(F)cc(Cl)cc1Br. The van der Waals surface area contributed by atoms with Crippen molar-refractivity contribution in [2.45, 2.75) is 0 Å². The lowest BCUT2D eigenvalue weighted by atomic mass is 10.3. The van der Waals surface area contributed by atoms with Crippen LogP contribution in [-0.4, -0.2) is 11.7 Å². The van der Waals surface area contributed by atoms with Gasteiger partial charge in [0.2, 0.25) is 0 Å². The maximum Gasteiger partial charge on any atom is 0.151 e. The van der Waals surface area contributed by atoms with E-state index in [1.54, 1.807) is 0 Å². The van der Waals surface area contributed by atoms with Crippen molar-refractivity contribution >= 4 is 50.7 Å². The van der Waals surface area contributed by atoms with Gasteiger partial charge in [-0.05, 0) is 28.1 Å². The highest BCUT2D eigenvalue weighted by molar-refractivity contribution is 9.10. The molecule has 0 radical (unpaired) electrons. The van der Waals surface area contributed by atoms with Crippen LogP contribution in [0.5, 0.6) is 0 Å². The summed E-state index contributed by atoms with van der Waals surface area (Å²) in [6, 6.07) is 2.69.